The molecule has 0 aromatic heterocycles. The van der Waals surface area contributed by atoms with Crippen LogP contribution >= 0.6 is 0 Å². The molecule has 17 heavy (non-hydrogen) atoms. The van der Waals surface area contributed by atoms with Crippen molar-refractivity contribution in [2.24, 2.45) is 5.92 Å². The Morgan fingerprint density at radius 1 is 1.24 bits per heavy atom. The van der Waals surface area contributed by atoms with Gasteiger partial charge in [0.25, 0.3) is 0 Å². The van der Waals surface area contributed by atoms with E-state index in [1.54, 1.807) is 0 Å². The number of hydrogen-bond donors (Lipinski definition) is 0. The Labute approximate surface area is 102 Å². The van der Waals surface area contributed by atoms with Gasteiger partial charge in [0.2, 0.25) is 0 Å². The zero-order valence-electron chi connectivity index (χ0n) is 10.0. The van der Waals surface area contributed by atoms with E-state index in [1.807, 2.05) is 24.3 Å². The van der Waals surface area contributed by atoms with E-state index in [2.05, 4.69) is 0 Å². The Kier molecular flexibility index (Phi) is 2.87. The quantitative estimate of drug-likeness (QED) is 0.722. The largest absolute Gasteiger partial charge is 0.490 e. The molecule has 2 heteroatoms. The summed E-state index contributed by atoms with van der Waals surface area (Å²) in [6.45, 7) is 0. The van der Waals surface area contributed by atoms with Crippen molar-refractivity contribution < 1.29 is 9.53 Å². The minimum absolute atomic E-state index is 0.274. The second-order valence-electron chi connectivity index (χ2n) is 5.27. The molecule has 2 nitrogen and oxygen atoms in total. The molecule has 1 aromatic rings. The van der Waals surface area contributed by atoms with Crippen molar-refractivity contribution in [3.8, 4) is 5.75 Å². The van der Waals surface area contributed by atoms with Crippen LogP contribution in [0.2, 0.25) is 0 Å². The standard InChI is InChI=1S/C15H18O2/c16-15(9-11-3-1-4-11)12-5-2-6-14(10-12)17-13-7-8-13/h2,5-6,10-11,13H,1,3-4,7-9H2. The monoisotopic (exact) mass is 230 g/mol. The molecule has 2 fully saturated rings. The lowest BCUT2D eigenvalue weighted by molar-refractivity contribution is 0.0936. The first-order valence-corrected chi connectivity index (χ1v) is 6.61. The van der Waals surface area contributed by atoms with E-state index in [9.17, 15) is 4.79 Å². The van der Waals surface area contributed by atoms with Crippen LogP contribution < -0.4 is 4.74 Å². The third-order valence-corrected chi connectivity index (χ3v) is 3.68. The second-order valence-corrected chi connectivity index (χ2v) is 5.27. The van der Waals surface area contributed by atoms with Crippen LogP contribution in [-0.4, -0.2) is 11.9 Å². The van der Waals surface area contributed by atoms with Gasteiger partial charge in [-0.2, -0.15) is 0 Å². The average molecular weight is 230 g/mol. The molecule has 0 aliphatic heterocycles. The number of hydrogen-bond acceptors (Lipinski definition) is 2. The normalized spacial score (nSPS) is 19.8. The summed E-state index contributed by atoms with van der Waals surface area (Å²) in [6.07, 6.45) is 7.16. The van der Waals surface area contributed by atoms with Crippen LogP contribution in [0.4, 0.5) is 0 Å². The van der Waals surface area contributed by atoms with E-state index in [1.165, 1.54) is 19.3 Å². The molecule has 0 heterocycles. The average Bonchev–Trinajstić information content (AvgIpc) is 3.07. The van der Waals surface area contributed by atoms with Gasteiger partial charge in [-0.05, 0) is 30.9 Å². The summed E-state index contributed by atoms with van der Waals surface area (Å²) in [7, 11) is 0. The summed E-state index contributed by atoms with van der Waals surface area (Å²) in [5, 5.41) is 0. The van der Waals surface area contributed by atoms with E-state index < -0.39 is 0 Å². The van der Waals surface area contributed by atoms with Gasteiger partial charge in [0.05, 0.1) is 6.10 Å². The maximum atomic E-state index is 12.0. The lowest BCUT2D eigenvalue weighted by Crippen LogP contribution is -2.16. The number of carbonyl (C=O) groups is 1. The van der Waals surface area contributed by atoms with Gasteiger partial charge in [-0.3, -0.25) is 4.79 Å². The lowest BCUT2D eigenvalue weighted by atomic mass is 9.81. The van der Waals surface area contributed by atoms with Crippen molar-refractivity contribution in [2.75, 3.05) is 0 Å². The van der Waals surface area contributed by atoms with Gasteiger partial charge < -0.3 is 4.74 Å². The van der Waals surface area contributed by atoms with Crippen molar-refractivity contribution >= 4 is 5.78 Å². The molecule has 1 aromatic carbocycles. The number of Topliss-reactive ketones (excluding diaryl/α,β-unsaturated/α-hetero) is 1. The summed E-state index contributed by atoms with van der Waals surface area (Å²) in [6, 6.07) is 7.67. The fourth-order valence-electron chi connectivity index (χ4n) is 2.20. The lowest BCUT2D eigenvalue weighted by Gasteiger charge is -2.24. The maximum Gasteiger partial charge on any atom is 0.163 e. The Hall–Kier alpha value is -1.31. The van der Waals surface area contributed by atoms with Crippen LogP contribution in [0.1, 0.15) is 48.9 Å². The van der Waals surface area contributed by atoms with Crippen LogP contribution in [0.5, 0.6) is 5.75 Å². The van der Waals surface area contributed by atoms with E-state index in [0.29, 0.717) is 18.4 Å². The summed E-state index contributed by atoms with van der Waals surface area (Å²) >= 11 is 0. The maximum absolute atomic E-state index is 12.0. The summed E-state index contributed by atoms with van der Waals surface area (Å²) in [5.74, 6) is 1.76. The van der Waals surface area contributed by atoms with Crippen molar-refractivity contribution in [1.29, 1.82) is 0 Å². The smallest absolute Gasteiger partial charge is 0.163 e. The third kappa shape index (κ3) is 2.68. The Morgan fingerprint density at radius 2 is 2.06 bits per heavy atom. The molecule has 2 saturated carbocycles. The van der Waals surface area contributed by atoms with Crippen molar-refractivity contribution in [3.05, 3.63) is 29.8 Å². The van der Waals surface area contributed by atoms with E-state index in [0.717, 1.165) is 24.2 Å². The number of ether oxygens (including phenoxy) is 1. The van der Waals surface area contributed by atoms with Crippen LogP contribution in [0, 0.1) is 5.92 Å². The SMILES string of the molecule is O=C(CC1CCC1)c1cccc(OC2CC2)c1. The molecule has 0 N–H and O–H groups in total. The molecule has 2 aliphatic carbocycles. The predicted molar refractivity (Wildman–Crippen MR) is 66.4 cm³/mol. The number of carbonyl (C=O) groups excluding carboxylic acids is 1. The molecule has 0 unspecified atom stereocenters. The Balaban J connectivity index is 1.65. The van der Waals surface area contributed by atoms with Gasteiger partial charge in [-0.15, -0.1) is 0 Å². The molecule has 0 spiro atoms. The number of benzene rings is 1. The first-order chi connectivity index (χ1) is 8.31. The molecule has 0 amide bonds. The van der Waals surface area contributed by atoms with E-state index in [-0.39, 0.29) is 5.78 Å². The Morgan fingerprint density at radius 3 is 2.71 bits per heavy atom. The molecule has 90 valence electrons. The van der Waals surface area contributed by atoms with E-state index in [4.69, 9.17) is 4.74 Å². The van der Waals surface area contributed by atoms with Gasteiger partial charge in [0.1, 0.15) is 5.75 Å². The molecule has 3 rings (SSSR count). The Bertz CT molecular complexity index is 417. The summed E-state index contributed by atoms with van der Waals surface area (Å²) in [4.78, 5) is 12.0. The van der Waals surface area contributed by atoms with Crippen molar-refractivity contribution in [1.82, 2.24) is 0 Å². The highest BCUT2D eigenvalue weighted by molar-refractivity contribution is 5.96. The van der Waals surface area contributed by atoms with Gasteiger partial charge >= 0.3 is 0 Å². The molecule has 2 aliphatic rings. The van der Waals surface area contributed by atoms with Crippen LogP contribution in [0.3, 0.4) is 0 Å². The molecule has 0 atom stereocenters. The molecule has 0 radical (unpaired) electrons. The molecular formula is C15H18O2. The summed E-state index contributed by atoms with van der Waals surface area (Å²) < 4.78 is 5.71. The fraction of sp³-hybridized carbons (Fsp3) is 0.533. The first-order valence-electron chi connectivity index (χ1n) is 6.61. The predicted octanol–water partition coefficient (Wildman–Crippen LogP) is 3.60. The van der Waals surface area contributed by atoms with E-state index >= 15 is 0 Å². The molecular weight excluding hydrogens is 212 g/mol. The number of ketones is 1. The summed E-state index contributed by atoms with van der Waals surface area (Å²) in [5.41, 5.74) is 0.815. The van der Waals surface area contributed by atoms with Crippen LogP contribution in [0.25, 0.3) is 0 Å². The number of rotatable bonds is 5. The zero-order valence-corrected chi connectivity index (χ0v) is 10.0. The second kappa shape index (κ2) is 4.52. The third-order valence-electron chi connectivity index (χ3n) is 3.68. The first kappa shape index (κ1) is 10.8. The topological polar surface area (TPSA) is 26.3 Å². The van der Waals surface area contributed by atoms with Crippen LogP contribution in [-0.2, 0) is 0 Å². The molecule has 0 saturated heterocycles. The minimum Gasteiger partial charge on any atom is -0.490 e. The highest BCUT2D eigenvalue weighted by atomic mass is 16.5. The van der Waals surface area contributed by atoms with Gasteiger partial charge in [0, 0.05) is 12.0 Å². The molecule has 0 bridgehead atoms. The van der Waals surface area contributed by atoms with Gasteiger partial charge in [0.15, 0.2) is 5.78 Å². The zero-order chi connectivity index (χ0) is 11.7. The van der Waals surface area contributed by atoms with Crippen LogP contribution in [0.15, 0.2) is 24.3 Å². The minimum atomic E-state index is 0.274. The highest BCUT2D eigenvalue weighted by Gasteiger charge is 2.24. The van der Waals surface area contributed by atoms with Gasteiger partial charge in [-0.25, -0.2) is 0 Å². The fourth-order valence-corrected chi connectivity index (χ4v) is 2.20. The highest BCUT2D eigenvalue weighted by Crippen LogP contribution is 2.31. The van der Waals surface area contributed by atoms with Gasteiger partial charge in [-0.1, -0.05) is 31.4 Å². The van der Waals surface area contributed by atoms with Crippen molar-refractivity contribution in [3.63, 3.8) is 0 Å². The van der Waals surface area contributed by atoms with Crippen molar-refractivity contribution in [2.45, 2.75) is 44.6 Å².